The smallest absolute Gasteiger partial charge is 0.191 e. The summed E-state index contributed by atoms with van der Waals surface area (Å²) >= 11 is 12.5. The summed E-state index contributed by atoms with van der Waals surface area (Å²) < 4.78 is 5.35. The lowest BCUT2D eigenvalue weighted by molar-refractivity contribution is 0.0389. The minimum atomic E-state index is 0. The fourth-order valence-corrected chi connectivity index (χ4v) is 3.48. The highest BCUT2D eigenvalue weighted by molar-refractivity contribution is 14.0. The summed E-state index contributed by atoms with van der Waals surface area (Å²) in [4.78, 5) is 6.65. The van der Waals surface area contributed by atoms with Crippen molar-refractivity contribution in [2.75, 3.05) is 53.0 Å². The van der Waals surface area contributed by atoms with Gasteiger partial charge in [-0.25, -0.2) is 0 Å². The van der Waals surface area contributed by atoms with Gasteiger partial charge in [0.25, 0.3) is 0 Å². The van der Waals surface area contributed by atoms with Crippen molar-refractivity contribution in [3.63, 3.8) is 0 Å². The molecule has 1 aliphatic heterocycles. The Morgan fingerprint density at radius 3 is 2.48 bits per heavy atom. The third-order valence-electron chi connectivity index (χ3n) is 4.12. The van der Waals surface area contributed by atoms with Crippen molar-refractivity contribution in [1.29, 1.82) is 0 Å². The van der Waals surface area contributed by atoms with Crippen molar-refractivity contribution in [2.45, 2.75) is 12.8 Å². The van der Waals surface area contributed by atoms with Gasteiger partial charge in [0.15, 0.2) is 5.96 Å². The van der Waals surface area contributed by atoms with E-state index in [1.807, 2.05) is 18.2 Å². The number of hydrogen-bond donors (Lipinski definition) is 2. The molecule has 1 aromatic carbocycles. The Morgan fingerprint density at radius 2 is 1.88 bits per heavy atom. The second kappa shape index (κ2) is 12.2. The summed E-state index contributed by atoms with van der Waals surface area (Å²) in [5.74, 6) is 0.974. The van der Waals surface area contributed by atoms with E-state index >= 15 is 0 Å². The van der Waals surface area contributed by atoms with Gasteiger partial charge in [0.2, 0.25) is 0 Å². The highest BCUT2D eigenvalue weighted by Crippen LogP contribution is 2.30. The Morgan fingerprint density at radius 1 is 1.24 bits per heavy atom. The molecule has 2 rings (SSSR count). The molecule has 0 amide bonds. The van der Waals surface area contributed by atoms with E-state index in [2.05, 4.69) is 27.4 Å². The van der Waals surface area contributed by atoms with Crippen LogP contribution in [0, 0.1) is 0 Å². The molecular weight excluding hydrogens is 474 g/mol. The van der Waals surface area contributed by atoms with Crippen molar-refractivity contribution in [3.05, 3.63) is 33.8 Å². The van der Waals surface area contributed by atoms with Crippen molar-refractivity contribution in [2.24, 2.45) is 4.99 Å². The molecule has 1 saturated heterocycles. The molecule has 0 saturated carbocycles. The summed E-state index contributed by atoms with van der Waals surface area (Å²) in [6.07, 6.45) is 0. The van der Waals surface area contributed by atoms with Crippen LogP contribution in [-0.2, 0) is 4.74 Å². The molecule has 2 N–H and O–H groups in total. The van der Waals surface area contributed by atoms with E-state index in [-0.39, 0.29) is 29.9 Å². The van der Waals surface area contributed by atoms with Crippen molar-refractivity contribution in [3.8, 4) is 0 Å². The number of ether oxygens (including phenoxy) is 1. The Kier molecular flexibility index (Phi) is 11.1. The number of benzene rings is 1. The molecule has 5 nitrogen and oxygen atoms in total. The van der Waals surface area contributed by atoms with E-state index < -0.39 is 0 Å². The standard InChI is InChI=1S/C17H26Cl2N4O.HI/c1-13(16-14(18)4-3-5-15(16)19)12-22-17(20-2)21-6-7-23-8-10-24-11-9-23;/h3-5,13H,6-12H2,1-2H3,(H2,20,21,22);1H. The van der Waals surface area contributed by atoms with E-state index in [4.69, 9.17) is 27.9 Å². The zero-order chi connectivity index (χ0) is 17.4. The van der Waals surface area contributed by atoms with Gasteiger partial charge in [0.1, 0.15) is 0 Å². The van der Waals surface area contributed by atoms with Crippen LogP contribution in [-0.4, -0.2) is 63.8 Å². The maximum Gasteiger partial charge on any atom is 0.191 e. The highest BCUT2D eigenvalue weighted by Gasteiger charge is 2.14. The summed E-state index contributed by atoms with van der Waals surface area (Å²) in [5.41, 5.74) is 0.970. The number of aliphatic imine (C=N–C) groups is 1. The first kappa shape index (κ1) is 22.8. The number of hydrogen-bond acceptors (Lipinski definition) is 3. The topological polar surface area (TPSA) is 48.9 Å². The fourth-order valence-electron chi connectivity index (χ4n) is 2.71. The molecule has 0 radical (unpaired) electrons. The largest absolute Gasteiger partial charge is 0.379 e. The maximum atomic E-state index is 6.27. The van der Waals surface area contributed by atoms with Gasteiger partial charge in [0.05, 0.1) is 13.2 Å². The van der Waals surface area contributed by atoms with E-state index in [0.29, 0.717) is 16.6 Å². The minimum absolute atomic E-state index is 0. The molecule has 8 heteroatoms. The Hall–Kier alpha value is -0.280. The Labute approximate surface area is 177 Å². The number of morpholine rings is 1. The SMILES string of the molecule is CN=C(NCCN1CCOCC1)NCC(C)c1c(Cl)cccc1Cl.I. The molecule has 142 valence electrons. The average molecular weight is 501 g/mol. The van der Waals surface area contributed by atoms with E-state index in [1.165, 1.54) is 0 Å². The molecule has 1 fully saturated rings. The van der Waals surface area contributed by atoms with Gasteiger partial charge in [0, 0.05) is 55.7 Å². The summed E-state index contributed by atoms with van der Waals surface area (Å²) in [5, 5.41) is 8.08. The van der Waals surface area contributed by atoms with Gasteiger partial charge < -0.3 is 15.4 Å². The molecule has 0 aliphatic carbocycles. The molecule has 1 aromatic rings. The lowest BCUT2D eigenvalue weighted by atomic mass is 10.0. The number of rotatable bonds is 6. The predicted molar refractivity (Wildman–Crippen MR) is 117 cm³/mol. The molecule has 0 bridgehead atoms. The van der Waals surface area contributed by atoms with Gasteiger partial charge in [-0.05, 0) is 17.7 Å². The number of halogens is 3. The van der Waals surface area contributed by atoms with Crippen LogP contribution in [0.1, 0.15) is 18.4 Å². The van der Waals surface area contributed by atoms with Crippen LogP contribution in [0.4, 0.5) is 0 Å². The lowest BCUT2D eigenvalue weighted by Gasteiger charge is -2.27. The molecule has 1 atom stereocenters. The Bertz CT molecular complexity index is 533. The van der Waals surface area contributed by atoms with Crippen molar-refractivity contribution < 1.29 is 4.74 Å². The first-order valence-corrected chi connectivity index (χ1v) is 9.06. The first-order valence-electron chi connectivity index (χ1n) is 8.30. The number of nitrogens with one attached hydrogen (secondary N) is 2. The molecule has 0 spiro atoms. The first-order chi connectivity index (χ1) is 11.6. The molecular formula is C17H27Cl2IN4O. The monoisotopic (exact) mass is 500 g/mol. The zero-order valence-corrected chi connectivity index (χ0v) is 18.6. The van der Waals surface area contributed by atoms with Crippen LogP contribution in [0.25, 0.3) is 0 Å². The van der Waals surface area contributed by atoms with Crippen LogP contribution in [0.2, 0.25) is 10.0 Å². The van der Waals surface area contributed by atoms with Gasteiger partial charge in [-0.15, -0.1) is 24.0 Å². The molecule has 0 aromatic heterocycles. The van der Waals surface area contributed by atoms with Crippen LogP contribution < -0.4 is 10.6 Å². The van der Waals surface area contributed by atoms with Gasteiger partial charge in [-0.2, -0.15) is 0 Å². The molecule has 1 aliphatic rings. The van der Waals surface area contributed by atoms with E-state index in [1.54, 1.807) is 7.05 Å². The normalized spacial score (nSPS) is 16.9. The number of guanidine groups is 1. The molecule has 1 unspecified atom stereocenters. The molecule has 1 heterocycles. The fraction of sp³-hybridized carbons (Fsp3) is 0.588. The van der Waals surface area contributed by atoms with Crippen LogP contribution in [0.5, 0.6) is 0 Å². The lowest BCUT2D eigenvalue weighted by Crippen LogP contribution is -2.45. The van der Waals surface area contributed by atoms with Crippen LogP contribution in [0.15, 0.2) is 23.2 Å². The summed E-state index contributed by atoms with van der Waals surface area (Å²) in [6, 6.07) is 5.60. The summed E-state index contributed by atoms with van der Waals surface area (Å²) in [7, 11) is 1.78. The van der Waals surface area contributed by atoms with Crippen molar-refractivity contribution >= 4 is 53.1 Å². The van der Waals surface area contributed by atoms with Gasteiger partial charge in [-0.1, -0.05) is 36.2 Å². The van der Waals surface area contributed by atoms with E-state index in [0.717, 1.165) is 50.9 Å². The highest BCUT2D eigenvalue weighted by atomic mass is 127. The minimum Gasteiger partial charge on any atom is -0.379 e. The van der Waals surface area contributed by atoms with Gasteiger partial charge in [-0.3, -0.25) is 9.89 Å². The summed E-state index contributed by atoms with van der Waals surface area (Å²) in [6.45, 7) is 8.27. The Balaban J connectivity index is 0.00000312. The maximum absolute atomic E-state index is 6.27. The van der Waals surface area contributed by atoms with Crippen molar-refractivity contribution in [1.82, 2.24) is 15.5 Å². The number of nitrogens with zero attached hydrogens (tertiary/aromatic N) is 2. The molecule has 25 heavy (non-hydrogen) atoms. The van der Waals surface area contributed by atoms with Gasteiger partial charge >= 0.3 is 0 Å². The third-order valence-corrected chi connectivity index (χ3v) is 4.78. The zero-order valence-electron chi connectivity index (χ0n) is 14.7. The van der Waals surface area contributed by atoms with Crippen LogP contribution in [0.3, 0.4) is 0 Å². The van der Waals surface area contributed by atoms with Crippen LogP contribution >= 0.6 is 47.2 Å². The second-order valence-corrected chi connectivity index (χ2v) is 6.68. The van der Waals surface area contributed by atoms with E-state index in [9.17, 15) is 0 Å². The predicted octanol–water partition coefficient (Wildman–Crippen LogP) is 3.21. The quantitative estimate of drug-likeness (QED) is 0.357. The second-order valence-electron chi connectivity index (χ2n) is 5.87. The average Bonchev–Trinajstić information content (AvgIpc) is 2.58. The third kappa shape index (κ3) is 7.46.